The first kappa shape index (κ1) is 16.5. The second-order valence-electron chi connectivity index (χ2n) is 3.99. The monoisotopic (exact) mass is 305 g/mol. The summed E-state index contributed by atoms with van der Waals surface area (Å²) in [5.74, 6) is 0. The highest BCUT2D eigenvalue weighted by Gasteiger charge is 2.26. The van der Waals surface area contributed by atoms with E-state index in [1.807, 2.05) is 0 Å². The highest BCUT2D eigenvalue weighted by atomic mass is 32.2. The van der Waals surface area contributed by atoms with E-state index in [2.05, 4.69) is 4.18 Å². The maximum absolute atomic E-state index is 11.7. The van der Waals surface area contributed by atoms with E-state index in [1.54, 1.807) is 0 Å². The molecule has 112 valence electrons. The third-order valence-electron chi connectivity index (χ3n) is 2.45. The number of carbonyl (C=O) groups is 1. The molecule has 1 aromatic carbocycles. The average molecular weight is 305 g/mol. The van der Waals surface area contributed by atoms with Crippen LogP contribution < -0.4 is 5.73 Å². The van der Waals surface area contributed by atoms with Crippen molar-refractivity contribution in [3.05, 3.63) is 24.3 Å². The number of aliphatic hydroxyl groups excluding tert-OH is 3. The fraction of sp³-hybridized carbons (Fsp3) is 0.364. The second kappa shape index (κ2) is 6.77. The van der Waals surface area contributed by atoms with Gasteiger partial charge >= 0.3 is 0 Å². The molecule has 1 aromatic rings. The van der Waals surface area contributed by atoms with E-state index < -0.39 is 35.0 Å². The molecular weight excluding hydrogens is 290 g/mol. The number of hydrogen-bond acceptors (Lipinski definition) is 8. The van der Waals surface area contributed by atoms with E-state index in [1.165, 1.54) is 24.3 Å². The topological polar surface area (TPSA) is 147 Å². The van der Waals surface area contributed by atoms with Crippen LogP contribution in [-0.2, 0) is 19.1 Å². The van der Waals surface area contributed by atoms with Crippen LogP contribution in [0.5, 0.6) is 0 Å². The van der Waals surface area contributed by atoms with Gasteiger partial charge in [-0.25, -0.2) is 0 Å². The molecule has 0 fully saturated rings. The van der Waals surface area contributed by atoms with Gasteiger partial charge in [-0.15, -0.1) is 0 Å². The van der Waals surface area contributed by atoms with Crippen molar-refractivity contribution in [3.8, 4) is 0 Å². The summed E-state index contributed by atoms with van der Waals surface area (Å²) in [5, 5.41) is 27.6. The molecule has 0 aromatic heterocycles. The number of nitrogen functional groups attached to an aromatic ring is 1. The molecule has 0 saturated heterocycles. The average Bonchev–Trinajstić information content (AvgIpc) is 2.43. The number of rotatable bonds is 7. The molecule has 0 bridgehead atoms. The summed E-state index contributed by atoms with van der Waals surface area (Å²) >= 11 is 0. The van der Waals surface area contributed by atoms with Gasteiger partial charge in [0.05, 0.1) is 11.5 Å². The molecule has 0 aliphatic carbocycles. The van der Waals surface area contributed by atoms with Gasteiger partial charge in [-0.1, -0.05) is 0 Å². The minimum absolute atomic E-state index is 0.0162. The number of benzene rings is 1. The standard InChI is InChI=1S/C11H15NO7S/c12-7-1-3-8(4-2-7)20(17,18)19-6-10(15)11(16)9(14)5-13/h1-5,9-11,14-16H,6,12H2/t9-,10-,11+/m1/s1. The molecule has 0 saturated carbocycles. The summed E-state index contributed by atoms with van der Waals surface area (Å²) < 4.78 is 28.0. The molecule has 20 heavy (non-hydrogen) atoms. The SMILES string of the molecule is Nc1ccc(S(=O)(=O)OC[C@@H](O)[C@@H](O)[C@H](O)C=O)cc1. The van der Waals surface area contributed by atoms with Gasteiger partial charge < -0.3 is 25.8 Å². The second-order valence-corrected chi connectivity index (χ2v) is 5.61. The van der Waals surface area contributed by atoms with Crippen LogP contribution in [0.1, 0.15) is 0 Å². The molecule has 0 aliphatic heterocycles. The Balaban J connectivity index is 2.68. The molecule has 0 amide bonds. The fourth-order valence-electron chi connectivity index (χ4n) is 1.27. The normalized spacial score (nSPS) is 16.4. The third kappa shape index (κ3) is 4.25. The fourth-order valence-corrected chi connectivity index (χ4v) is 2.19. The Hall–Kier alpha value is -1.52. The smallest absolute Gasteiger partial charge is 0.297 e. The van der Waals surface area contributed by atoms with Crippen LogP contribution in [0.3, 0.4) is 0 Å². The Morgan fingerprint density at radius 2 is 1.75 bits per heavy atom. The van der Waals surface area contributed by atoms with E-state index in [-0.39, 0.29) is 11.2 Å². The largest absolute Gasteiger partial charge is 0.399 e. The van der Waals surface area contributed by atoms with E-state index in [4.69, 9.17) is 10.8 Å². The maximum atomic E-state index is 11.7. The van der Waals surface area contributed by atoms with Crippen LogP contribution in [0.15, 0.2) is 29.2 Å². The first-order valence-corrected chi connectivity index (χ1v) is 6.93. The number of carbonyl (C=O) groups excluding carboxylic acids is 1. The first-order valence-electron chi connectivity index (χ1n) is 5.52. The summed E-state index contributed by atoms with van der Waals surface area (Å²) in [6, 6.07) is 5.15. The van der Waals surface area contributed by atoms with Gasteiger partial charge in [0.15, 0.2) is 6.29 Å². The lowest BCUT2D eigenvalue weighted by molar-refractivity contribution is -0.127. The Morgan fingerprint density at radius 3 is 2.25 bits per heavy atom. The molecule has 3 atom stereocenters. The Kier molecular flexibility index (Phi) is 5.60. The van der Waals surface area contributed by atoms with Crippen LogP contribution in [-0.4, -0.2) is 54.9 Å². The van der Waals surface area contributed by atoms with Gasteiger partial charge in [-0.2, -0.15) is 8.42 Å². The summed E-state index contributed by atoms with van der Waals surface area (Å²) in [6.07, 6.45) is -5.39. The Labute approximate surface area is 115 Å². The van der Waals surface area contributed by atoms with Crippen molar-refractivity contribution >= 4 is 22.1 Å². The Bertz CT molecular complexity index is 542. The van der Waals surface area contributed by atoms with Crippen LogP contribution in [0.2, 0.25) is 0 Å². The van der Waals surface area contributed by atoms with Crippen LogP contribution in [0.4, 0.5) is 5.69 Å². The summed E-state index contributed by atoms with van der Waals surface area (Å²) in [5.41, 5.74) is 5.78. The zero-order chi connectivity index (χ0) is 15.3. The number of aliphatic hydroxyl groups is 3. The van der Waals surface area contributed by atoms with Gasteiger partial charge in [0.2, 0.25) is 0 Å². The zero-order valence-electron chi connectivity index (χ0n) is 10.3. The molecule has 8 nitrogen and oxygen atoms in total. The molecular formula is C11H15NO7S. The van der Waals surface area contributed by atoms with Gasteiger partial charge in [-0.3, -0.25) is 4.18 Å². The molecule has 0 spiro atoms. The minimum atomic E-state index is -4.13. The molecule has 0 aliphatic rings. The quantitative estimate of drug-likeness (QED) is 0.263. The lowest BCUT2D eigenvalue weighted by Gasteiger charge is -2.19. The maximum Gasteiger partial charge on any atom is 0.297 e. The van der Waals surface area contributed by atoms with Crippen molar-refractivity contribution in [1.29, 1.82) is 0 Å². The van der Waals surface area contributed by atoms with Crippen molar-refractivity contribution in [2.24, 2.45) is 0 Å². The molecule has 0 unspecified atom stereocenters. The predicted molar refractivity (Wildman–Crippen MR) is 68.1 cm³/mol. The van der Waals surface area contributed by atoms with E-state index in [9.17, 15) is 23.4 Å². The summed E-state index contributed by atoms with van der Waals surface area (Å²) in [7, 11) is -4.13. The van der Waals surface area contributed by atoms with E-state index in [0.29, 0.717) is 5.69 Å². The number of aldehydes is 1. The zero-order valence-corrected chi connectivity index (χ0v) is 11.1. The van der Waals surface area contributed by atoms with Crippen molar-refractivity contribution < 1.29 is 32.7 Å². The van der Waals surface area contributed by atoms with Crippen LogP contribution >= 0.6 is 0 Å². The number of nitrogens with two attached hydrogens (primary N) is 1. The molecule has 5 N–H and O–H groups in total. The van der Waals surface area contributed by atoms with Crippen molar-refractivity contribution in [2.45, 2.75) is 23.2 Å². The Morgan fingerprint density at radius 1 is 1.20 bits per heavy atom. The molecule has 0 heterocycles. The van der Waals surface area contributed by atoms with E-state index in [0.717, 1.165) is 0 Å². The highest BCUT2D eigenvalue weighted by Crippen LogP contribution is 2.15. The molecule has 9 heteroatoms. The van der Waals surface area contributed by atoms with Gasteiger partial charge in [0.25, 0.3) is 10.1 Å². The van der Waals surface area contributed by atoms with Crippen molar-refractivity contribution in [1.82, 2.24) is 0 Å². The summed E-state index contributed by atoms with van der Waals surface area (Å²) in [4.78, 5) is 10.0. The van der Waals surface area contributed by atoms with Crippen molar-refractivity contribution in [2.75, 3.05) is 12.3 Å². The summed E-state index contributed by atoms with van der Waals surface area (Å²) in [6.45, 7) is -0.807. The lowest BCUT2D eigenvalue weighted by Crippen LogP contribution is -2.41. The van der Waals surface area contributed by atoms with Gasteiger partial charge in [0, 0.05) is 5.69 Å². The first-order chi connectivity index (χ1) is 9.27. The molecule has 1 rings (SSSR count). The lowest BCUT2D eigenvalue weighted by atomic mass is 10.1. The third-order valence-corrected chi connectivity index (χ3v) is 3.74. The number of anilines is 1. The number of hydrogen-bond donors (Lipinski definition) is 4. The predicted octanol–water partition coefficient (Wildman–Crippen LogP) is -1.74. The van der Waals surface area contributed by atoms with Gasteiger partial charge in [-0.05, 0) is 24.3 Å². The van der Waals surface area contributed by atoms with Crippen LogP contribution in [0, 0.1) is 0 Å². The minimum Gasteiger partial charge on any atom is -0.399 e. The molecule has 0 radical (unpaired) electrons. The van der Waals surface area contributed by atoms with Crippen LogP contribution in [0.25, 0.3) is 0 Å². The highest BCUT2D eigenvalue weighted by molar-refractivity contribution is 7.86. The van der Waals surface area contributed by atoms with E-state index >= 15 is 0 Å². The van der Waals surface area contributed by atoms with Gasteiger partial charge in [0.1, 0.15) is 18.3 Å². The van der Waals surface area contributed by atoms with Crippen molar-refractivity contribution in [3.63, 3.8) is 0 Å².